The summed E-state index contributed by atoms with van der Waals surface area (Å²) in [5, 5.41) is 18.5. The SMILES string of the molecule is CCC(C)C(C#N)COC(=O)c1ccc(-c2ccc(O)cc2)cc1. The van der Waals surface area contributed by atoms with Gasteiger partial charge < -0.3 is 9.84 Å². The molecule has 0 saturated carbocycles. The molecule has 4 heteroatoms. The first-order valence-corrected chi connectivity index (χ1v) is 8.01. The molecule has 0 aromatic heterocycles. The number of rotatable bonds is 6. The Morgan fingerprint density at radius 2 is 1.67 bits per heavy atom. The number of carbonyl (C=O) groups excluding carboxylic acids is 1. The number of aromatic hydroxyl groups is 1. The molecule has 0 saturated heterocycles. The quantitative estimate of drug-likeness (QED) is 0.800. The summed E-state index contributed by atoms with van der Waals surface area (Å²) in [5.74, 6) is -0.294. The first-order valence-electron chi connectivity index (χ1n) is 8.01. The van der Waals surface area contributed by atoms with Gasteiger partial charge in [0.15, 0.2) is 0 Å². The molecule has 2 atom stereocenters. The van der Waals surface area contributed by atoms with E-state index < -0.39 is 5.97 Å². The number of ether oxygens (including phenoxy) is 1. The number of nitriles is 1. The Hall–Kier alpha value is -2.80. The molecule has 0 aliphatic rings. The molecule has 0 amide bonds. The fourth-order valence-corrected chi connectivity index (χ4v) is 2.31. The lowest BCUT2D eigenvalue weighted by Gasteiger charge is -2.15. The van der Waals surface area contributed by atoms with Crippen molar-refractivity contribution >= 4 is 5.97 Å². The molecular weight excluding hydrogens is 302 g/mol. The molecule has 0 radical (unpaired) electrons. The molecule has 0 bridgehead atoms. The van der Waals surface area contributed by atoms with Crippen LogP contribution >= 0.6 is 0 Å². The zero-order valence-corrected chi connectivity index (χ0v) is 13.9. The van der Waals surface area contributed by atoms with Crippen molar-refractivity contribution in [3.05, 3.63) is 54.1 Å². The third-order valence-electron chi connectivity index (χ3n) is 4.21. The highest BCUT2D eigenvalue weighted by Crippen LogP contribution is 2.22. The molecule has 0 heterocycles. The number of phenolic OH excluding ortho intramolecular Hbond substituents is 1. The summed E-state index contributed by atoms with van der Waals surface area (Å²) in [6.45, 7) is 4.11. The van der Waals surface area contributed by atoms with Gasteiger partial charge in [-0.2, -0.15) is 5.26 Å². The zero-order valence-electron chi connectivity index (χ0n) is 13.9. The molecule has 2 unspecified atom stereocenters. The average molecular weight is 323 g/mol. The molecule has 2 aromatic rings. The molecule has 0 spiro atoms. The van der Waals surface area contributed by atoms with Gasteiger partial charge in [-0.15, -0.1) is 0 Å². The minimum Gasteiger partial charge on any atom is -0.508 e. The van der Waals surface area contributed by atoms with Gasteiger partial charge in [0.1, 0.15) is 12.4 Å². The smallest absolute Gasteiger partial charge is 0.338 e. The lowest BCUT2D eigenvalue weighted by Crippen LogP contribution is -2.18. The van der Waals surface area contributed by atoms with Crippen LogP contribution < -0.4 is 0 Å². The van der Waals surface area contributed by atoms with Crippen molar-refractivity contribution in [3.8, 4) is 22.9 Å². The van der Waals surface area contributed by atoms with Crippen molar-refractivity contribution in [3.63, 3.8) is 0 Å². The lowest BCUT2D eigenvalue weighted by atomic mass is 9.94. The molecule has 1 N–H and O–H groups in total. The Bertz CT molecular complexity index is 714. The van der Waals surface area contributed by atoms with Crippen LogP contribution in [0.25, 0.3) is 11.1 Å². The fraction of sp³-hybridized carbons (Fsp3) is 0.300. The number of phenols is 1. The van der Waals surface area contributed by atoms with Crippen molar-refractivity contribution in [2.24, 2.45) is 11.8 Å². The minimum absolute atomic E-state index is 0.115. The second-order valence-corrected chi connectivity index (χ2v) is 5.84. The van der Waals surface area contributed by atoms with Crippen LogP contribution in [0.4, 0.5) is 0 Å². The Morgan fingerprint density at radius 1 is 1.12 bits per heavy atom. The fourth-order valence-electron chi connectivity index (χ4n) is 2.31. The molecule has 124 valence electrons. The van der Waals surface area contributed by atoms with Crippen LogP contribution in [0.15, 0.2) is 48.5 Å². The summed E-state index contributed by atoms with van der Waals surface area (Å²) < 4.78 is 5.27. The van der Waals surface area contributed by atoms with E-state index in [2.05, 4.69) is 6.07 Å². The Labute approximate surface area is 142 Å². The van der Waals surface area contributed by atoms with Gasteiger partial charge in [-0.3, -0.25) is 0 Å². The molecule has 0 fully saturated rings. The zero-order chi connectivity index (χ0) is 17.5. The van der Waals surface area contributed by atoms with Gasteiger partial charge in [0, 0.05) is 0 Å². The molecular formula is C20H21NO3. The normalized spacial score (nSPS) is 12.9. The highest BCUT2D eigenvalue weighted by Gasteiger charge is 2.18. The summed E-state index contributed by atoms with van der Waals surface area (Å²) in [6, 6.07) is 16.1. The van der Waals surface area contributed by atoms with Crippen molar-refractivity contribution < 1.29 is 14.6 Å². The highest BCUT2D eigenvalue weighted by molar-refractivity contribution is 5.90. The Balaban J connectivity index is 2.01. The third kappa shape index (κ3) is 4.36. The van der Waals surface area contributed by atoms with Crippen LogP contribution in [-0.2, 0) is 4.74 Å². The molecule has 0 aliphatic carbocycles. The predicted octanol–water partition coefficient (Wildman–Crippen LogP) is 4.40. The number of benzene rings is 2. The Morgan fingerprint density at radius 3 is 2.17 bits per heavy atom. The maximum absolute atomic E-state index is 12.1. The first kappa shape index (κ1) is 17.6. The van der Waals surface area contributed by atoms with Crippen molar-refractivity contribution in [2.75, 3.05) is 6.61 Å². The number of carbonyl (C=O) groups is 1. The average Bonchev–Trinajstić information content (AvgIpc) is 2.62. The van der Waals surface area contributed by atoms with Gasteiger partial charge in [-0.1, -0.05) is 44.5 Å². The minimum atomic E-state index is -0.421. The topological polar surface area (TPSA) is 70.3 Å². The first-order chi connectivity index (χ1) is 11.5. The van der Waals surface area contributed by atoms with Crippen molar-refractivity contribution in [2.45, 2.75) is 20.3 Å². The maximum atomic E-state index is 12.1. The molecule has 0 aliphatic heterocycles. The predicted molar refractivity (Wildman–Crippen MR) is 92.4 cm³/mol. The van der Waals surface area contributed by atoms with Gasteiger partial charge in [-0.05, 0) is 41.3 Å². The van der Waals surface area contributed by atoms with Crippen LogP contribution in [0.2, 0.25) is 0 Å². The Kier molecular flexibility index (Phi) is 5.97. The standard InChI is InChI=1S/C20H21NO3/c1-3-14(2)18(12-21)13-24-20(23)17-6-4-15(5-7-17)16-8-10-19(22)11-9-16/h4-11,14,18,22H,3,13H2,1-2H3. The summed E-state index contributed by atoms with van der Waals surface area (Å²) in [7, 11) is 0. The van der Waals surface area contributed by atoms with Crippen molar-refractivity contribution in [1.29, 1.82) is 5.26 Å². The van der Waals surface area contributed by atoms with Gasteiger partial charge in [-0.25, -0.2) is 4.79 Å². The van der Waals surface area contributed by atoms with Gasteiger partial charge in [0.2, 0.25) is 0 Å². The van der Waals surface area contributed by atoms with Gasteiger partial charge in [0.25, 0.3) is 0 Å². The summed E-state index contributed by atoms with van der Waals surface area (Å²) in [4.78, 5) is 12.1. The molecule has 24 heavy (non-hydrogen) atoms. The van der Waals surface area contributed by atoms with E-state index in [0.29, 0.717) is 5.56 Å². The lowest BCUT2D eigenvalue weighted by molar-refractivity contribution is 0.0439. The number of nitrogens with zero attached hydrogens (tertiary/aromatic N) is 1. The third-order valence-corrected chi connectivity index (χ3v) is 4.21. The second-order valence-electron chi connectivity index (χ2n) is 5.84. The summed E-state index contributed by atoms with van der Waals surface area (Å²) in [5.41, 5.74) is 2.36. The summed E-state index contributed by atoms with van der Waals surface area (Å²) >= 11 is 0. The van der Waals surface area contributed by atoms with Crippen LogP contribution in [0.3, 0.4) is 0 Å². The van der Waals surface area contributed by atoms with E-state index in [-0.39, 0.29) is 24.2 Å². The van der Waals surface area contributed by atoms with Gasteiger partial charge >= 0.3 is 5.97 Å². The number of esters is 1. The van der Waals surface area contributed by atoms with E-state index in [1.165, 1.54) is 0 Å². The van der Waals surface area contributed by atoms with Crippen LogP contribution in [0.1, 0.15) is 30.6 Å². The monoisotopic (exact) mass is 323 g/mol. The second kappa shape index (κ2) is 8.16. The van der Waals surface area contributed by atoms with Crippen LogP contribution in [-0.4, -0.2) is 17.7 Å². The van der Waals surface area contributed by atoms with E-state index in [1.54, 1.807) is 24.3 Å². The van der Waals surface area contributed by atoms with Crippen molar-refractivity contribution in [1.82, 2.24) is 0 Å². The van der Waals surface area contributed by atoms with Gasteiger partial charge in [0.05, 0.1) is 17.6 Å². The van der Waals surface area contributed by atoms with E-state index in [9.17, 15) is 9.90 Å². The number of hydrogen-bond acceptors (Lipinski definition) is 4. The maximum Gasteiger partial charge on any atom is 0.338 e. The van der Waals surface area contributed by atoms with E-state index in [1.807, 2.05) is 38.1 Å². The van der Waals surface area contributed by atoms with Crippen LogP contribution in [0.5, 0.6) is 5.75 Å². The summed E-state index contributed by atoms with van der Waals surface area (Å²) in [6.07, 6.45) is 0.872. The highest BCUT2D eigenvalue weighted by atomic mass is 16.5. The van der Waals surface area contributed by atoms with Crippen LogP contribution in [0, 0.1) is 23.2 Å². The van der Waals surface area contributed by atoms with E-state index >= 15 is 0 Å². The molecule has 2 aromatic carbocycles. The number of hydrogen-bond donors (Lipinski definition) is 1. The van der Waals surface area contributed by atoms with E-state index in [0.717, 1.165) is 17.5 Å². The largest absolute Gasteiger partial charge is 0.508 e. The van der Waals surface area contributed by atoms with E-state index in [4.69, 9.17) is 10.00 Å². The molecule has 4 nitrogen and oxygen atoms in total. The molecule has 2 rings (SSSR count).